The number of thioether (sulfide) groups is 1. The standard InChI is InChI=1S/C18H24N4O2S/c1-4-6-11-19-16(23)13-25-18-21-20-17(22(18)12-5-2)14-7-9-15(24-3)10-8-14/h5,7-10H,2,4,6,11-13H2,1,3H3,(H,19,23). The summed E-state index contributed by atoms with van der Waals surface area (Å²) in [5.74, 6) is 1.87. The highest BCUT2D eigenvalue weighted by molar-refractivity contribution is 7.99. The van der Waals surface area contributed by atoms with Crippen molar-refractivity contribution < 1.29 is 9.53 Å². The molecule has 7 heteroatoms. The molecular formula is C18H24N4O2S. The number of aromatic nitrogens is 3. The molecule has 0 spiro atoms. The Kier molecular flexibility index (Phi) is 7.53. The lowest BCUT2D eigenvalue weighted by atomic mass is 10.2. The van der Waals surface area contributed by atoms with Gasteiger partial charge in [0.1, 0.15) is 5.75 Å². The normalized spacial score (nSPS) is 10.5. The van der Waals surface area contributed by atoms with Crippen LogP contribution in [0.25, 0.3) is 11.4 Å². The molecule has 0 atom stereocenters. The molecule has 0 fully saturated rings. The smallest absolute Gasteiger partial charge is 0.230 e. The highest BCUT2D eigenvalue weighted by Gasteiger charge is 2.15. The number of unbranched alkanes of at least 4 members (excludes halogenated alkanes) is 1. The quantitative estimate of drug-likeness (QED) is 0.400. The van der Waals surface area contributed by atoms with E-state index in [-0.39, 0.29) is 5.91 Å². The third-order valence-electron chi connectivity index (χ3n) is 3.56. The summed E-state index contributed by atoms with van der Waals surface area (Å²) in [6, 6.07) is 7.65. The first-order valence-electron chi connectivity index (χ1n) is 8.27. The molecule has 25 heavy (non-hydrogen) atoms. The Hall–Kier alpha value is -2.28. The zero-order valence-corrected chi connectivity index (χ0v) is 15.5. The van der Waals surface area contributed by atoms with Crippen LogP contribution in [0, 0.1) is 0 Å². The summed E-state index contributed by atoms with van der Waals surface area (Å²) in [6.07, 6.45) is 3.85. The molecule has 1 heterocycles. The molecule has 0 unspecified atom stereocenters. The number of nitrogens with zero attached hydrogens (tertiary/aromatic N) is 3. The van der Waals surface area contributed by atoms with Gasteiger partial charge in [-0.2, -0.15) is 0 Å². The minimum absolute atomic E-state index is 0.0117. The number of benzene rings is 1. The van der Waals surface area contributed by atoms with E-state index in [0.717, 1.165) is 30.0 Å². The van der Waals surface area contributed by atoms with Crippen LogP contribution in [0.4, 0.5) is 0 Å². The van der Waals surface area contributed by atoms with Crippen molar-refractivity contribution in [2.45, 2.75) is 31.5 Å². The summed E-state index contributed by atoms with van der Waals surface area (Å²) in [5, 5.41) is 12.1. The molecule has 6 nitrogen and oxygen atoms in total. The molecular weight excluding hydrogens is 336 g/mol. The van der Waals surface area contributed by atoms with Crippen molar-refractivity contribution in [3.63, 3.8) is 0 Å². The van der Waals surface area contributed by atoms with E-state index in [9.17, 15) is 4.79 Å². The fraction of sp³-hybridized carbons (Fsp3) is 0.389. The predicted octanol–water partition coefficient (Wildman–Crippen LogP) is 3.15. The second-order valence-electron chi connectivity index (χ2n) is 5.43. The molecule has 134 valence electrons. The molecule has 0 saturated carbocycles. The van der Waals surface area contributed by atoms with Crippen LogP contribution in [0.5, 0.6) is 5.75 Å². The van der Waals surface area contributed by atoms with E-state index < -0.39 is 0 Å². The maximum Gasteiger partial charge on any atom is 0.230 e. The van der Waals surface area contributed by atoms with Crippen LogP contribution in [0.1, 0.15) is 19.8 Å². The summed E-state index contributed by atoms with van der Waals surface area (Å²) >= 11 is 1.38. The predicted molar refractivity (Wildman–Crippen MR) is 101 cm³/mol. The van der Waals surface area contributed by atoms with E-state index in [1.807, 2.05) is 28.8 Å². The first kappa shape index (κ1) is 19.1. The Bertz CT molecular complexity index is 698. The highest BCUT2D eigenvalue weighted by Crippen LogP contribution is 2.25. The minimum atomic E-state index is 0.0117. The lowest BCUT2D eigenvalue weighted by Gasteiger charge is -2.08. The third kappa shape index (κ3) is 5.35. The number of hydrogen-bond acceptors (Lipinski definition) is 5. The van der Waals surface area contributed by atoms with Gasteiger partial charge in [-0.25, -0.2) is 0 Å². The Morgan fingerprint density at radius 2 is 2.12 bits per heavy atom. The number of carbonyl (C=O) groups is 1. The molecule has 1 N–H and O–H groups in total. The van der Waals surface area contributed by atoms with Crippen LogP contribution < -0.4 is 10.1 Å². The zero-order chi connectivity index (χ0) is 18.1. The van der Waals surface area contributed by atoms with Gasteiger partial charge >= 0.3 is 0 Å². The van der Waals surface area contributed by atoms with Gasteiger partial charge in [0, 0.05) is 18.7 Å². The van der Waals surface area contributed by atoms with Gasteiger partial charge in [0.2, 0.25) is 5.91 Å². The van der Waals surface area contributed by atoms with Gasteiger partial charge in [0.05, 0.1) is 12.9 Å². The van der Waals surface area contributed by atoms with E-state index >= 15 is 0 Å². The zero-order valence-electron chi connectivity index (χ0n) is 14.7. The van der Waals surface area contributed by atoms with Crippen LogP contribution in [0.2, 0.25) is 0 Å². The second-order valence-corrected chi connectivity index (χ2v) is 6.37. The van der Waals surface area contributed by atoms with E-state index in [4.69, 9.17) is 4.74 Å². The summed E-state index contributed by atoms with van der Waals surface area (Å²) in [6.45, 7) is 7.19. The van der Waals surface area contributed by atoms with Gasteiger partial charge in [0.25, 0.3) is 0 Å². The van der Waals surface area contributed by atoms with Gasteiger partial charge in [-0.1, -0.05) is 31.2 Å². The van der Waals surface area contributed by atoms with Crippen molar-refractivity contribution in [3.05, 3.63) is 36.9 Å². The number of carbonyl (C=O) groups excluding carboxylic acids is 1. The Labute approximate surface area is 152 Å². The maximum absolute atomic E-state index is 11.9. The monoisotopic (exact) mass is 360 g/mol. The Morgan fingerprint density at radius 3 is 2.76 bits per heavy atom. The third-order valence-corrected chi connectivity index (χ3v) is 4.53. The van der Waals surface area contributed by atoms with Crippen molar-refractivity contribution in [2.24, 2.45) is 0 Å². The number of ether oxygens (including phenoxy) is 1. The lowest BCUT2D eigenvalue weighted by molar-refractivity contribution is -0.118. The van der Waals surface area contributed by atoms with E-state index in [1.54, 1.807) is 13.2 Å². The molecule has 0 aliphatic carbocycles. The van der Waals surface area contributed by atoms with Crippen LogP contribution in [-0.4, -0.2) is 40.1 Å². The second kappa shape index (κ2) is 9.88. The maximum atomic E-state index is 11.9. The fourth-order valence-corrected chi connectivity index (χ4v) is 3.01. The molecule has 1 aromatic heterocycles. The number of allylic oxidation sites excluding steroid dienone is 1. The number of hydrogen-bond donors (Lipinski definition) is 1. The molecule has 0 saturated heterocycles. The van der Waals surface area contributed by atoms with Crippen molar-refractivity contribution in [3.8, 4) is 17.1 Å². The summed E-state index contributed by atoms with van der Waals surface area (Å²) in [5.41, 5.74) is 0.939. The van der Waals surface area contributed by atoms with Crippen molar-refractivity contribution in [1.82, 2.24) is 20.1 Å². The number of methoxy groups -OCH3 is 1. The molecule has 0 aliphatic heterocycles. The minimum Gasteiger partial charge on any atom is -0.497 e. The molecule has 2 aromatic rings. The fourth-order valence-electron chi connectivity index (χ4n) is 2.23. The lowest BCUT2D eigenvalue weighted by Crippen LogP contribution is -2.26. The van der Waals surface area contributed by atoms with Crippen molar-refractivity contribution in [1.29, 1.82) is 0 Å². The van der Waals surface area contributed by atoms with Crippen LogP contribution >= 0.6 is 11.8 Å². The molecule has 0 radical (unpaired) electrons. The van der Waals surface area contributed by atoms with Gasteiger partial charge in [0.15, 0.2) is 11.0 Å². The van der Waals surface area contributed by atoms with Gasteiger partial charge in [-0.05, 0) is 30.7 Å². The average Bonchev–Trinajstić information content (AvgIpc) is 3.03. The van der Waals surface area contributed by atoms with Gasteiger partial charge in [-0.15, -0.1) is 16.8 Å². The first-order valence-corrected chi connectivity index (χ1v) is 9.26. The van der Waals surface area contributed by atoms with E-state index in [2.05, 4.69) is 29.0 Å². The van der Waals surface area contributed by atoms with Gasteiger partial charge in [-0.3, -0.25) is 9.36 Å². The Morgan fingerprint density at radius 1 is 1.36 bits per heavy atom. The van der Waals surface area contributed by atoms with Crippen molar-refractivity contribution >= 4 is 17.7 Å². The number of amides is 1. The first-order chi connectivity index (χ1) is 12.2. The topological polar surface area (TPSA) is 69.0 Å². The highest BCUT2D eigenvalue weighted by atomic mass is 32.2. The Balaban J connectivity index is 2.10. The summed E-state index contributed by atoms with van der Waals surface area (Å²) in [7, 11) is 1.63. The molecule has 1 amide bonds. The summed E-state index contributed by atoms with van der Waals surface area (Å²) < 4.78 is 7.14. The van der Waals surface area contributed by atoms with E-state index in [1.165, 1.54) is 11.8 Å². The summed E-state index contributed by atoms with van der Waals surface area (Å²) in [4.78, 5) is 11.9. The largest absolute Gasteiger partial charge is 0.497 e. The molecule has 1 aromatic carbocycles. The van der Waals surface area contributed by atoms with Crippen LogP contribution in [-0.2, 0) is 11.3 Å². The molecule has 0 bridgehead atoms. The molecule has 0 aliphatic rings. The SMILES string of the molecule is C=CCn1c(SCC(=O)NCCCC)nnc1-c1ccc(OC)cc1. The van der Waals surface area contributed by atoms with Crippen LogP contribution in [0.15, 0.2) is 42.1 Å². The number of nitrogens with one attached hydrogen (secondary N) is 1. The van der Waals surface area contributed by atoms with E-state index in [0.29, 0.717) is 24.0 Å². The van der Waals surface area contributed by atoms with Crippen LogP contribution in [0.3, 0.4) is 0 Å². The number of rotatable bonds is 10. The van der Waals surface area contributed by atoms with Gasteiger partial charge < -0.3 is 10.1 Å². The molecule has 2 rings (SSSR count). The van der Waals surface area contributed by atoms with Crippen molar-refractivity contribution in [2.75, 3.05) is 19.4 Å². The average molecular weight is 360 g/mol.